The van der Waals surface area contributed by atoms with Crippen LogP contribution in [0.1, 0.15) is 11.1 Å². The van der Waals surface area contributed by atoms with Crippen molar-refractivity contribution in [2.75, 3.05) is 0 Å². The van der Waals surface area contributed by atoms with Crippen LogP contribution < -0.4 is 11.2 Å². The maximum Gasteiger partial charge on any atom is 0.337 e. The summed E-state index contributed by atoms with van der Waals surface area (Å²) in [5.74, 6) is -0.402. The minimum absolute atomic E-state index is 0.0360. The van der Waals surface area contributed by atoms with Crippen LogP contribution in [0.2, 0.25) is 10.0 Å². The predicted molar refractivity (Wildman–Crippen MR) is 131 cm³/mol. The monoisotopic (exact) mass is 494 g/mol. The summed E-state index contributed by atoms with van der Waals surface area (Å²) in [6, 6.07) is 19.7. The van der Waals surface area contributed by atoms with Gasteiger partial charge in [-0.05, 0) is 47.5 Å². The molecule has 2 heterocycles. The Morgan fingerprint density at radius 2 is 1.65 bits per heavy atom. The number of imidazole rings is 1. The van der Waals surface area contributed by atoms with E-state index in [0.717, 1.165) is 10.1 Å². The van der Waals surface area contributed by atoms with E-state index in [4.69, 9.17) is 23.2 Å². The number of rotatable bonds is 5. The molecule has 0 aliphatic heterocycles. The van der Waals surface area contributed by atoms with Gasteiger partial charge in [-0.3, -0.25) is 9.36 Å². The maximum atomic E-state index is 13.6. The Morgan fingerprint density at radius 3 is 2.38 bits per heavy atom. The molecule has 0 fully saturated rings. The zero-order chi connectivity index (χ0) is 23.8. The SMILES string of the molecule is O=c1c2c(ncn2Cc2ccccc2Cl)n(-c2cccc(Cl)c2)c(=O)n1Cc1ccc(F)cc1. The van der Waals surface area contributed by atoms with Gasteiger partial charge in [0.05, 0.1) is 25.1 Å². The lowest BCUT2D eigenvalue weighted by Crippen LogP contribution is -2.40. The van der Waals surface area contributed by atoms with Gasteiger partial charge in [0.15, 0.2) is 11.2 Å². The molecule has 0 amide bonds. The number of aromatic nitrogens is 4. The third-order valence-corrected chi connectivity index (χ3v) is 6.12. The van der Waals surface area contributed by atoms with Crippen molar-refractivity contribution in [1.29, 1.82) is 0 Å². The first-order valence-corrected chi connectivity index (χ1v) is 11.1. The second-order valence-corrected chi connectivity index (χ2v) is 8.60. The van der Waals surface area contributed by atoms with Crippen LogP contribution in [0.15, 0.2) is 88.7 Å². The van der Waals surface area contributed by atoms with Gasteiger partial charge in [0, 0.05) is 10.0 Å². The molecule has 5 aromatic rings. The van der Waals surface area contributed by atoms with E-state index < -0.39 is 17.1 Å². The first-order valence-electron chi connectivity index (χ1n) is 10.4. The number of benzene rings is 3. The summed E-state index contributed by atoms with van der Waals surface area (Å²) >= 11 is 12.5. The van der Waals surface area contributed by atoms with Crippen LogP contribution in [-0.4, -0.2) is 18.7 Å². The highest BCUT2D eigenvalue weighted by Crippen LogP contribution is 2.20. The minimum Gasteiger partial charge on any atom is -0.320 e. The predicted octanol–water partition coefficient (Wildman–Crippen LogP) is 4.89. The summed E-state index contributed by atoms with van der Waals surface area (Å²) in [6.45, 7) is 0.251. The second kappa shape index (κ2) is 8.93. The lowest BCUT2D eigenvalue weighted by atomic mass is 10.2. The molecule has 0 saturated heterocycles. The summed E-state index contributed by atoms with van der Waals surface area (Å²) in [4.78, 5) is 31.5. The molecule has 0 unspecified atom stereocenters. The van der Waals surface area contributed by atoms with Crippen molar-refractivity contribution in [3.63, 3.8) is 0 Å². The summed E-state index contributed by atoms with van der Waals surface area (Å²) in [5.41, 5.74) is 1.24. The minimum atomic E-state index is -0.577. The average Bonchev–Trinajstić information content (AvgIpc) is 3.23. The number of hydrogen-bond acceptors (Lipinski definition) is 3. The van der Waals surface area contributed by atoms with Crippen LogP contribution in [0.4, 0.5) is 4.39 Å². The van der Waals surface area contributed by atoms with Crippen LogP contribution in [0, 0.1) is 5.82 Å². The van der Waals surface area contributed by atoms with Gasteiger partial charge in [-0.1, -0.05) is 59.6 Å². The van der Waals surface area contributed by atoms with Gasteiger partial charge in [-0.2, -0.15) is 0 Å². The molecule has 0 radical (unpaired) electrons. The molecule has 0 spiro atoms. The van der Waals surface area contributed by atoms with E-state index in [1.807, 2.05) is 18.2 Å². The Morgan fingerprint density at radius 1 is 0.882 bits per heavy atom. The van der Waals surface area contributed by atoms with Gasteiger partial charge < -0.3 is 4.57 Å². The highest BCUT2D eigenvalue weighted by atomic mass is 35.5. The van der Waals surface area contributed by atoms with E-state index in [1.165, 1.54) is 35.2 Å². The quantitative estimate of drug-likeness (QED) is 0.349. The zero-order valence-electron chi connectivity index (χ0n) is 17.7. The fourth-order valence-corrected chi connectivity index (χ4v) is 4.25. The van der Waals surface area contributed by atoms with Gasteiger partial charge in [0.25, 0.3) is 5.56 Å². The first-order chi connectivity index (χ1) is 16.4. The van der Waals surface area contributed by atoms with Crippen molar-refractivity contribution in [2.45, 2.75) is 13.1 Å². The van der Waals surface area contributed by atoms with Gasteiger partial charge in [0.1, 0.15) is 5.82 Å². The highest BCUT2D eigenvalue weighted by Gasteiger charge is 2.20. The van der Waals surface area contributed by atoms with Crippen molar-refractivity contribution >= 4 is 34.4 Å². The van der Waals surface area contributed by atoms with Crippen LogP contribution in [0.3, 0.4) is 0 Å². The Hall–Kier alpha value is -3.68. The molecule has 5 rings (SSSR count). The Labute approximate surface area is 203 Å². The molecule has 0 bridgehead atoms. The van der Waals surface area contributed by atoms with Crippen molar-refractivity contribution < 1.29 is 4.39 Å². The molecule has 6 nitrogen and oxygen atoms in total. The van der Waals surface area contributed by atoms with Crippen molar-refractivity contribution in [3.8, 4) is 5.69 Å². The van der Waals surface area contributed by atoms with Crippen LogP contribution in [0.25, 0.3) is 16.9 Å². The largest absolute Gasteiger partial charge is 0.337 e. The molecule has 34 heavy (non-hydrogen) atoms. The lowest BCUT2D eigenvalue weighted by molar-refractivity contribution is 0.624. The number of nitrogens with zero attached hydrogens (tertiary/aromatic N) is 4. The average molecular weight is 495 g/mol. The second-order valence-electron chi connectivity index (χ2n) is 7.75. The molecular formula is C25H17Cl2FN4O2. The van der Waals surface area contributed by atoms with E-state index in [1.54, 1.807) is 34.9 Å². The van der Waals surface area contributed by atoms with Gasteiger partial charge in [-0.25, -0.2) is 18.7 Å². The fourth-order valence-electron chi connectivity index (χ4n) is 3.87. The number of fused-ring (bicyclic) bond motifs is 1. The molecule has 0 aliphatic carbocycles. The first kappa shape index (κ1) is 22.1. The Bertz CT molecular complexity index is 1640. The zero-order valence-corrected chi connectivity index (χ0v) is 19.2. The number of halogens is 3. The summed E-state index contributed by atoms with van der Waals surface area (Å²) in [5, 5.41) is 0.989. The maximum absolute atomic E-state index is 13.6. The molecule has 170 valence electrons. The molecule has 0 N–H and O–H groups in total. The third-order valence-electron chi connectivity index (χ3n) is 5.52. The van der Waals surface area contributed by atoms with Crippen molar-refractivity contribution in [2.24, 2.45) is 0 Å². The molecule has 9 heteroatoms. The molecule has 2 aromatic heterocycles. The van der Waals surface area contributed by atoms with Crippen LogP contribution in [0.5, 0.6) is 0 Å². The third kappa shape index (κ3) is 4.04. The van der Waals surface area contributed by atoms with E-state index in [2.05, 4.69) is 4.98 Å². The van der Waals surface area contributed by atoms with E-state index in [-0.39, 0.29) is 24.3 Å². The smallest absolute Gasteiger partial charge is 0.320 e. The van der Waals surface area contributed by atoms with E-state index in [0.29, 0.717) is 21.3 Å². The highest BCUT2D eigenvalue weighted by molar-refractivity contribution is 6.31. The summed E-state index contributed by atoms with van der Waals surface area (Å²) in [6.07, 6.45) is 1.51. The van der Waals surface area contributed by atoms with Crippen molar-refractivity contribution in [1.82, 2.24) is 18.7 Å². The van der Waals surface area contributed by atoms with Gasteiger partial charge in [0.2, 0.25) is 0 Å². The van der Waals surface area contributed by atoms with Crippen LogP contribution >= 0.6 is 23.2 Å². The molecular weight excluding hydrogens is 478 g/mol. The summed E-state index contributed by atoms with van der Waals surface area (Å²) in [7, 11) is 0. The topological polar surface area (TPSA) is 61.8 Å². The lowest BCUT2D eigenvalue weighted by Gasteiger charge is -2.13. The van der Waals surface area contributed by atoms with Crippen molar-refractivity contribution in [3.05, 3.63) is 127 Å². The van der Waals surface area contributed by atoms with Gasteiger partial charge >= 0.3 is 5.69 Å². The molecule has 0 aliphatic rings. The van der Waals surface area contributed by atoms with E-state index in [9.17, 15) is 14.0 Å². The fraction of sp³-hybridized carbons (Fsp3) is 0.0800. The molecule has 0 saturated carbocycles. The molecule has 0 atom stereocenters. The standard InChI is InChI=1S/C25H17Cl2FN4O2/c26-18-5-3-6-20(12-18)32-23-22(30(15-29-23)14-17-4-1-2-7-21(17)27)24(33)31(25(32)34)13-16-8-10-19(28)11-9-16/h1-12,15H,13-14H2. The molecule has 3 aromatic carbocycles. The Balaban J connectivity index is 1.77. The Kier molecular flexibility index (Phi) is 5.81. The van der Waals surface area contributed by atoms with E-state index >= 15 is 0 Å². The number of hydrogen-bond donors (Lipinski definition) is 0. The van der Waals surface area contributed by atoms with Gasteiger partial charge in [-0.15, -0.1) is 0 Å². The normalized spacial score (nSPS) is 11.3. The van der Waals surface area contributed by atoms with Crippen LogP contribution in [-0.2, 0) is 13.1 Å². The summed E-state index contributed by atoms with van der Waals surface area (Å²) < 4.78 is 17.5.